The van der Waals surface area contributed by atoms with Gasteiger partial charge >= 0.3 is 0 Å². The Morgan fingerprint density at radius 1 is 1.79 bits per heavy atom. The first kappa shape index (κ1) is 10.7. The van der Waals surface area contributed by atoms with Crippen molar-refractivity contribution in [3.05, 3.63) is 18.2 Å². The highest BCUT2D eigenvalue weighted by Crippen LogP contribution is 1.96. The van der Waals surface area contributed by atoms with E-state index in [-0.39, 0.29) is 12.0 Å². The smallest absolute Gasteiger partial charge is 0.269 e. The number of aliphatic hydroxyl groups is 1. The Bertz CT molecular complexity index is 307. The van der Waals surface area contributed by atoms with Crippen LogP contribution >= 0.6 is 0 Å². The number of aromatic nitrogens is 2. The second kappa shape index (κ2) is 4.76. The first-order chi connectivity index (χ1) is 6.61. The van der Waals surface area contributed by atoms with Gasteiger partial charge in [0.1, 0.15) is 5.69 Å². The molecular formula is C9H15N3O2. The van der Waals surface area contributed by atoms with Gasteiger partial charge in [0.25, 0.3) is 5.91 Å². The van der Waals surface area contributed by atoms with E-state index in [0.717, 1.165) is 0 Å². The highest BCUT2D eigenvalue weighted by molar-refractivity contribution is 5.92. The molecule has 1 amide bonds. The molecular weight excluding hydrogens is 182 g/mol. The van der Waals surface area contributed by atoms with Gasteiger partial charge in [0, 0.05) is 13.6 Å². The molecule has 0 aromatic carbocycles. The third-order valence-corrected chi connectivity index (χ3v) is 1.90. The number of hydrogen-bond donors (Lipinski definition) is 2. The Balaban J connectivity index is 2.40. The van der Waals surface area contributed by atoms with Crippen molar-refractivity contribution in [2.75, 3.05) is 6.54 Å². The van der Waals surface area contributed by atoms with Crippen molar-refractivity contribution in [3.63, 3.8) is 0 Å². The van der Waals surface area contributed by atoms with Gasteiger partial charge < -0.3 is 15.0 Å². The van der Waals surface area contributed by atoms with Crippen LogP contribution in [0.1, 0.15) is 23.8 Å². The summed E-state index contributed by atoms with van der Waals surface area (Å²) in [4.78, 5) is 15.3. The van der Waals surface area contributed by atoms with Crippen LogP contribution in [0.2, 0.25) is 0 Å². The average molecular weight is 197 g/mol. The molecule has 5 nitrogen and oxygen atoms in total. The summed E-state index contributed by atoms with van der Waals surface area (Å²) in [6.07, 6.45) is 3.26. The van der Waals surface area contributed by atoms with Gasteiger partial charge in [-0.3, -0.25) is 4.79 Å². The molecule has 78 valence electrons. The lowest BCUT2D eigenvalue weighted by atomic mass is 10.3. The lowest BCUT2D eigenvalue weighted by Crippen LogP contribution is -2.27. The summed E-state index contributed by atoms with van der Waals surface area (Å²) < 4.78 is 1.65. The molecule has 14 heavy (non-hydrogen) atoms. The van der Waals surface area contributed by atoms with Crippen LogP contribution in [0, 0.1) is 0 Å². The van der Waals surface area contributed by atoms with Crippen LogP contribution in [0.15, 0.2) is 12.5 Å². The molecule has 0 aliphatic carbocycles. The highest BCUT2D eigenvalue weighted by atomic mass is 16.3. The van der Waals surface area contributed by atoms with Crippen molar-refractivity contribution < 1.29 is 9.90 Å². The van der Waals surface area contributed by atoms with Gasteiger partial charge in [0.2, 0.25) is 0 Å². The summed E-state index contributed by atoms with van der Waals surface area (Å²) in [7, 11) is 1.76. The van der Waals surface area contributed by atoms with Crippen LogP contribution in [0.25, 0.3) is 0 Å². The van der Waals surface area contributed by atoms with Crippen LogP contribution in [0.3, 0.4) is 0 Å². The van der Waals surface area contributed by atoms with Crippen molar-refractivity contribution >= 4 is 5.91 Å². The van der Waals surface area contributed by atoms with Crippen LogP contribution in [0.4, 0.5) is 0 Å². The molecule has 0 radical (unpaired) electrons. The van der Waals surface area contributed by atoms with Gasteiger partial charge in [-0.2, -0.15) is 0 Å². The molecule has 1 aromatic heterocycles. The molecule has 1 rings (SSSR count). The minimum absolute atomic E-state index is 0.161. The van der Waals surface area contributed by atoms with Crippen molar-refractivity contribution in [3.8, 4) is 0 Å². The van der Waals surface area contributed by atoms with Gasteiger partial charge in [0.15, 0.2) is 0 Å². The molecule has 0 saturated carbocycles. The number of imidazole rings is 1. The number of rotatable bonds is 4. The molecule has 0 bridgehead atoms. The predicted molar refractivity (Wildman–Crippen MR) is 51.8 cm³/mol. The molecule has 1 heterocycles. The molecule has 2 N–H and O–H groups in total. The SMILES string of the molecule is CC(O)CCNC(=O)c1cncn1C. The van der Waals surface area contributed by atoms with E-state index >= 15 is 0 Å². The summed E-state index contributed by atoms with van der Waals surface area (Å²) in [5, 5.41) is 11.7. The molecule has 0 aliphatic heterocycles. The fourth-order valence-electron chi connectivity index (χ4n) is 1.06. The zero-order chi connectivity index (χ0) is 10.6. The summed E-state index contributed by atoms with van der Waals surface area (Å²) in [6, 6.07) is 0. The van der Waals surface area contributed by atoms with Gasteiger partial charge in [-0.25, -0.2) is 4.98 Å². The quantitative estimate of drug-likeness (QED) is 0.709. The molecule has 0 aliphatic rings. The minimum atomic E-state index is -0.387. The number of aliphatic hydroxyl groups excluding tert-OH is 1. The van der Waals surface area contributed by atoms with Gasteiger partial charge in [-0.1, -0.05) is 0 Å². The van der Waals surface area contributed by atoms with E-state index in [9.17, 15) is 4.79 Å². The summed E-state index contributed by atoms with van der Waals surface area (Å²) in [5.41, 5.74) is 0.524. The molecule has 0 saturated heterocycles. The number of carbonyl (C=O) groups excluding carboxylic acids is 1. The number of aryl methyl sites for hydroxylation is 1. The van der Waals surface area contributed by atoms with Crippen LogP contribution in [0.5, 0.6) is 0 Å². The lowest BCUT2D eigenvalue weighted by molar-refractivity contribution is 0.0937. The molecule has 0 fully saturated rings. The first-order valence-electron chi connectivity index (χ1n) is 4.54. The maximum atomic E-state index is 11.5. The fraction of sp³-hybridized carbons (Fsp3) is 0.556. The molecule has 5 heteroatoms. The third-order valence-electron chi connectivity index (χ3n) is 1.90. The standard InChI is InChI=1S/C9H15N3O2/c1-7(13)3-4-11-9(14)8-5-10-6-12(8)2/h5-7,13H,3-4H2,1-2H3,(H,11,14). The zero-order valence-corrected chi connectivity index (χ0v) is 8.40. The maximum absolute atomic E-state index is 11.5. The second-order valence-electron chi connectivity index (χ2n) is 3.28. The number of amides is 1. The van der Waals surface area contributed by atoms with Crippen molar-refractivity contribution in [1.82, 2.24) is 14.9 Å². The Labute approximate surface area is 82.8 Å². The average Bonchev–Trinajstić information content (AvgIpc) is 2.50. The fourth-order valence-corrected chi connectivity index (χ4v) is 1.06. The van der Waals surface area contributed by atoms with Crippen LogP contribution in [-0.2, 0) is 7.05 Å². The first-order valence-corrected chi connectivity index (χ1v) is 4.54. The minimum Gasteiger partial charge on any atom is -0.393 e. The van der Waals surface area contributed by atoms with Crippen LogP contribution in [-0.4, -0.2) is 33.2 Å². The number of nitrogens with zero attached hydrogens (tertiary/aromatic N) is 2. The van der Waals surface area contributed by atoms with E-state index < -0.39 is 0 Å². The number of carbonyl (C=O) groups is 1. The van der Waals surface area contributed by atoms with Gasteiger partial charge in [0.05, 0.1) is 18.6 Å². The van der Waals surface area contributed by atoms with E-state index in [4.69, 9.17) is 5.11 Å². The van der Waals surface area contributed by atoms with E-state index in [1.54, 1.807) is 24.9 Å². The van der Waals surface area contributed by atoms with Crippen molar-refractivity contribution in [2.45, 2.75) is 19.4 Å². The topological polar surface area (TPSA) is 67.2 Å². The Hall–Kier alpha value is -1.36. The predicted octanol–water partition coefficient (Wildman–Crippen LogP) is -0.0792. The Morgan fingerprint density at radius 2 is 2.50 bits per heavy atom. The summed E-state index contributed by atoms with van der Waals surface area (Å²) in [5.74, 6) is -0.161. The van der Waals surface area contributed by atoms with E-state index in [2.05, 4.69) is 10.3 Å². The Morgan fingerprint density at radius 3 is 3.00 bits per heavy atom. The van der Waals surface area contributed by atoms with E-state index in [0.29, 0.717) is 18.7 Å². The molecule has 1 aromatic rings. The van der Waals surface area contributed by atoms with Gasteiger partial charge in [-0.05, 0) is 13.3 Å². The van der Waals surface area contributed by atoms with Gasteiger partial charge in [-0.15, -0.1) is 0 Å². The summed E-state index contributed by atoms with van der Waals surface area (Å²) >= 11 is 0. The number of nitrogens with one attached hydrogen (secondary N) is 1. The lowest BCUT2D eigenvalue weighted by Gasteiger charge is -2.06. The van der Waals surface area contributed by atoms with Crippen LogP contribution < -0.4 is 5.32 Å². The number of hydrogen-bond acceptors (Lipinski definition) is 3. The Kier molecular flexibility index (Phi) is 3.64. The highest BCUT2D eigenvalue weighted by Gasteiger charge is 2.08. The summed E-state index contributed by atoms with van der Waals surface area (Å²) in [6.45, 7) is 2.16. The molecule has 0 spiro atoms. The van der Waals surface area contributed by atoms with Crippen molar-refractivity contribution in [1.29, 1.82) is 0 Å². The zero-order valence-electron chi connectivity index (χ0n) is 8.40. The van der Waals surface area contributed by atoms with Crippen molar-refractivity contribution in [2.24, 2.45) is 7.05 Å². The monoisotopic (exact) mass is 197 g/mol. The van der Waals surface area contributed by atoms with E-state index in [1.807, 2.05) is 0 Å². The molecule has 1 unspecified atom stereocenters. The van der Waals surface area contributed by atoms with E-state index in [1.165, 1.54) is 6.20 Å². The molecule has 1 atom stereocenters. The second-order valence-corrected chi connectivity index (χ2v) is 3.28. The maximum Gasteiger partial charge on any atom is 0.269 e. The largest absolute Gasteiger partial charge is 0.393 e. The normalized spacial score (nSPS) is 12.5. The third kappa shape index (κ3) is 2.85.